The Hall–Kier alpha value is -1.68. The maximum Gasteiger partial charge on any atom is 0.246 e. The minimum atomic E-state index is -3.66. The van der Waals surface area contributed by atoms with Gasteiger partial charge in [-0.3, -0.25) is 9.69 Å². The van der Waals surface area contributed by atoms with Crippen LogP contribution in [0.2, 0.25) is 0 Å². The van der Waals surface area contributed by atoms with Gasteiger partial charge in [0.05, 0.1) is 25.4 Å². The molecule has 0 bridgehead atoms. The van der Waals surface area contributed by atoms with Gasteiger partial charge in [0, 0.05) is 31.9 Å². The van der Waals surface area contributed by atoms with Crippen molar-refractivity contribution in [3.05, 3.63) is 18.2 Å². The molecule has 2 saturated heterocycles. The van der Waals surface area contributed by atoms with Crippen LogP contribution < -0.4 is 10.1 Å². The zero-order valence-corrected chi connectivity index (χ0v) is 18.2. The van der Waals surface area contributed by atoms with E-state index in [9.17, 15) is 13.2 Å². The Morgan fingerprint density at radius 1 is 1.21 bits per heavy atom. The highest BCUT2D eigenvalue weighted by molar-refractivity contribution is 7.89. The predicted octanol–water partition coefficient (Wildman–Crippen LogP) is 1.92. The van der Waals surface area contributed by atoms with Crippen molar-refractivity contribution in [1.82, 2.24) is 9.21 Å². The maximum absolute atomic E-state index is 13.1. The largest absolute Gasteiger partial charge is 0.492 e. The summed E-state index contributed by atoms with van der Waals surface area (Å²) in [5.41, 5.74) is 0.450. The zero-order chi connectivity index (χ0) is 21.0. The molecule has 2 fully saturated rings. The number of nitrogens with zero attached hydrogens (tertiary/aromatic N) is 2. The first-order chi connectivity index (χ1) is 13.8. The Morgan fingerprint density at radius 2 is 1.86 bits per heavy atom. The molecule has 2 heterocycles. The molecule has 162 valence electrons. The normalized spacial score (nSPS) is 23.8. The first-order valence-corrected chi connectivity index (χ1v) is 11.7. The highest BCUT2D eigenvalue weighted by Crippen LogP contribution is 2.31. The molecule has 1 amide bonds. The van der Waals surface area contributed by atoms with Crippen molar-refractivity contribution in [2.45, 2.75) is 50.7 Å². The van der Waals surface area contributed by atoms with Crippen LogP contribution in [0.3, 0.4) is 0 Å². The number of amides is 1. The lowest BCUT2D eigenvalue weighted by atomic mass is 10.2. The van der Waals surface area contributed by atoms with Gasteiger partial charge in [-0.25, -0.2) is 8.42 Å². The number of rotatable bonds is 7. The maximum atomic E-state index is 13.1. The van der Waals surface area contributed by atoms with Crippen LogP contribution in [-0.2, 0) is 19.6 Å². The number of sulfonamides is 1. The summed E-state index contributed by atoms with van der Waals surface area (Å²) in [5.74, 6) is 0.133. The van der Waals surface area contributed by atoms with Gasteiger partial charge < -0.3 is 14.8 Å². The summed E-state index contributed by atoms with van der Waals surface area (Å²) in [6, 6.07) is 4.79. The molecule has 1 aromatic carbocycles. The average molecular weight is 426 g/mol. The molecule has 0 aliphatic carbocycles. The fourth-order valence-corrected chi connectivity index (χ4v) is 5.62. The second kappa shape index (κ2) is 9.42. The van der Waals surface area contributed by atoms with E-state index in [0.29, 0.717) is 44.2 Å². The van der Waals surface area contributed by atoms with Gasteiger partial charge in [-0.1, -0.05) is 0 Å². The molecule has 29 heavy (non-hydrogen) atoms. The van der Waals surface area contributed by atoms with Gasteiger partial charge in [0.2, 0.25) is 15.9 Å². The molecule has 8 nitrogen and oxygen atoms in total. The van der Waals surface area contributed by atoms with Crippen LogP contribution in [0, 0.1) is 0 Å². The number of nitrogens with one attached hydrogen (secondary N) is 1. The monoisotopic (exact) mass is 425 g/mol. The number of anilines is 1. The molecular formula is C20H31N3O5S. The number of morpholine rings is 1. The van der Waals surface area contributed by atoms with E-state index in [-0.39, 0.29) is 29.6 Å². The van der Waals surface area contributed by atoms with Gasteiger partial charge in [0.25, 0.3) is 0 Å². The highest BCUT2D eigenvalue weighted by Gasteiger charge is 2.30. The average Bonchev–Trinajstić information content (AvgIpc) is 3.17. The van der Waals surface area contributed by atoms with E-state index in [2.05, 4.69) is 5.32 Å². The van der Waals surface area contributed by atoms with Gasteiger partial charge in [-0.2, -0.15) is 4.31 Å². The third-order valence-electron chi connectivity index (χ3n) is 5.07. The summed E-state index contributed by atoms with van der Waals surface area (Å²) in [4.78, 5) is 14.7. The number of ether oxygens (including phenoxy) is 2. The fraction of sp³-hybridized carbons (Fsp3) is 0.650. The predicted molar refractivity (Wildman–Crippen MR) is 111 cm³/mol. The van der Waals surface area contributed by atoms with Gasteiger partial charge in [0.1, 0.15) is 10.6 Å². The molecule has 3 rings (SSSR count). The number of hydrogen-bond acceptors (Lipinski definition) is 6. The quantitative estimate of drug-likeness (QED) is 0.718. The van der Waals surface area contributed by atoms with Crippen LogP contribution in [0.5, 0.6) is 5.75 Å². The lowest BCUT2D eigenvalue weighted by Gasteiger charge is -2.34. The summed E-state index contributed by atoms with van der Waals surface area (Å²) < 4.78 is 38.9. The van der Waals surface area contributed by atoms with Crippen LogP contribution in [0.4, 0.5) is 5.69 Å². The smallest absolute Gasteiger partial charge is 0.246 e. The third kappa shape index (κ3) is 5.48. The molecule has 1 aromatic rings. The minimum absolute atomic E-state index is 0.0780. The molecule has 2 aliphatic rings. The molecule has 0 saturated carbocycles. The first kappa shape index (κ1) is 22.0. The second-order valence-corrected chi connectivity index (χ2v) is 9.61. The van der Waals surface area contributed by atoms with Gasteiger partial charge in [-0.05, 0) is 51.8 Å². The Morgan fingerprint density at radius 3 is 2.48 bits per heavy atom. The van der Waals surface area contributed by atoms with E-state index in [4.69, 9.17) is 9.47 Å². The van der Waals surface area contributed by atoms with E-state index in [1.165, 1.54) is 10.4 Å². The molecule has 9 heteroatoms. The van der Waals surface area contributed by atoms with Crippen molar-refractivity contribution in [2.75, 3.05) is 44.6 Å². The summed E-state index contributed by atoms with van der Waals surface area (Å²) >= 11 is 0. The van der Waals surface area contributed by atoms with E-state index in [1.807, 2.05) is 25.7 Å². The van der Waals surface area contributed by atoms with Crippen LogP contribution in [0.1, 0.15) is 33.6 Å². The van der Waals surface area contributed by atoms with Crippen molar-refractivity contribution in [3.8, 4) is 5.75 Å². The molecule has 0 unspecified atom stereocenters. The van der Waals surface area contributed by atoms with Crippen molar-refractivity contribution >= 4 is 21.6 Å². The molecule has 2 atom stereocenters. The molecule has 0 radical (unpaired) electrons. The summed E-state index contributed by atoms with van der Waals surface area (Å²) in [6.45, 7) is 8.79. The highest BCUT2D eigenvalue weighted by atomic mass is 32.2. The Balaban J connectivity index is 1.75. The van der Waals surface area contributed by atoms with Crippen molar-refractivity contribution in [1.29, 1.82) is 0 Å². The van der Waals surface area contributed by atoms with Gasteiger partial charge >= 0.3 is 0 Å². The van der Waals surface area contributed by atoms with E-state index >= 15 is 0 Å². The van der Waals surface area contributed by atoms with Gasteiger partial charge in [-0.15, -0.1) is 0 Å². The van der Waals surface area contributed by atoms with E-state index < -0.39 is 10.0 Å². The van der Waals surface area contributed by atoms with E-state index in [1.54, 1.807) is 12.1 Å². The number of hydrogen-bond donors (Lipinski definition) is 1. The fourth-order valence-electron chi connectivity index (χ4n) is 3.95. The lowest BCUT2D eigenvalue weighted by molar-refractivity contribution is -0.121. The number of benzene rings is 1. The summed E-state index contributed by atoms with van der Waals surface area (Å²) in [5, 5.41) is 2.83. The van der Waals surface area contributed by atoms with Crippen LogP contribution >= 0.6 is 0 Å². The van der Waals surface area contributed by atoms with Crippen molar-refractivity contribution < 1.29 is 22.7 Å². The lowest BCUT2D eigenvalue weighted by Crippen LogP contribution is -2.48. The topological polar surface area (TPSA) is 88.2 Å². The third-order valence-corrected chi connectivity index (χ3v) is 6.99. The standard InChI is InChI=1S/C20H31N3O5S/c1-4-27-18-8-7-17(11-19(18)29(25,26)23-9-5-6-10-23)21-20(24)14-22-12-15(2)28-16(3)13-22/h7-8,11,15-16H,4-6,9-10,12-14H2,1-3H3,(H,21,24)/t15-,16+. The summed E-state index contributed by atoms with van der Waals surface area (Å²) in [6.07, 6.45) is 1.87. The van der Waals surface area contributed by atoms with Crippen LogP contribution in [-0.4, -0.2) is 75.1 Å². The Bertz CT molecular complexity index is 813. The van der Waals surface area contributed by atoms with Crippen molar-refractivity contribution in [2.24, 2.45) is 0 Å². The minimum Gasteiger partial charge on any atom is -0.492 e. The molecule has 1 N–H and O–H groups in total. The number of carbonyl (C=O) groups is 1. The summed E-state index contributed by atoms with van der Waals surface area (Å²) in [7, 11) is -3.66. The SMILES string of the molecule is CCOc1ccc(NC(=O)CN2C[C@@H](C)O[C@@H](C)C2)cc1S(=O)(=O)N1CCCC1. The molecule has 0 aromatic heterocycles. The Labute approximate surface area is 173 Å². The molecular weight excluding hydrogens is 394 g/mol. The second-order valence-electron chi connectivity index (χ2n) is 7.71. The van der Waals surface area contributed by atoms with Gasteiger partial charge in [0.15, 0.2) is 0 Å². The molecule has 2 aliphatic heterocycles. The number of carbonyl (C=O) groups excluding carboxylic acids is 1. The van der Waals surface area contributed by atoms with Crippen molar-refractivity contribution in [3.63, 3.8) is 0 Å². The van der Waals surface area contributed by atoms with E-state index in [0.717, 1.165) is 12.8 Å². The van der Waals surface area contributed by atoms with Crippen LogP contribution in [0.25, 0.3) is 0 Å². The zero-order valence-electron chi connectivity index (χ0n) is 17.4. The first-order valence-electron chi connectivity index (χ1n) is 10.2. The molecule has 0 spiro atoms. The van der Waals surface area contributed by atoms with Crippen LogP contribution in [0.15, 0.2) is 23.1 Å². The Kier molecular flexibility index (Phi) is 7.15.